The average Bonchev–Trinajstić information content (AvgIpc) is 2.81. The van der Waals surface area contributed by atoms with Gasteiger partial charge in [-0.05, 0) is 66.4 Å². The van der Waals surface area contributed by atoms with Crippen molar-refractivity contribution in [1.29, 1.82) is 0 Å². The van der Waals surface area contributed by atoms with Gasteiger partial charge in [-0.1, -0.05) is 6.42 Å². The Hall–Kier alpha value is -0.520. The minimum absolute atomic E-state index is 0. The average molecular weight is 391 g/mol. The van der Waals surface area contributed by atoms with Crippen LogP contribution in [-0.4, -0.2) is 22.6 Å². The maximum Gasteiger partial charge on any atom is 0.268 e. The molecule has 3 N–H and O–H groups in total. The summed E-state index contributed by atoms with van der Waals surface area (Å²) in [5.74, 6) is 1.18. The number of nitrogens with two attached hydrogens (primary N) is 1. The summed E-state index contributed by atoms with van der Waals surface area (Å²) in [5, 5.41) is 3.31. The lowest BCUT2D eigenvalue weighted by Gasteiger charge is -2.45. The minimum Gasteiger partial charge on any atom is -0.347 e. The zero-order valence-corrected chi connectivity index (χ0v) is 15.3. The second kappa shape index (κ2) is 7.37. The minimum atomic E-state index is 0. The fourth-order valence-corrected chi connectivity index (χ4v) is 4.64. The number of carbonyl (C=O) groups excluding carboxylic acids is 1. The van der Waals surface area contributed by atoms with Gasteiger partial charge in [-0.2, -0.15) is 0 Å². The highest BCUT2D eigenvalue weighted by Crippen LogP contribution is 2.39. The topological polar surface area (TPSA) is 60.0 Å². The van der Waals surface area contributed by atoms with E-state index in [9.17, 15) is 4.79 Å². The van der Waals surface area contributed by atoms with Crippen molar-refractivity contribution in [2.45, 2.75) is 57.7 Å². The smallest absolute Gasteiger partial charge is 0.268 e. The van der Waals surface area contributed by atoms with Gasteiger partial charge < -0.3 is 15.6 Å². The quantitative estimate of drug-likeness (QED) is 0.831. The van der Waals surface area contributed by atoms with Gasteiger partial charge in [0, 0.05) is 29.3 Å². The highest BCUT2D eigenvalue weighted by atomic mass is 79.9. The zero-order chi connectivity index (χ0) is 15.0. The number of rotatable bonds is 3. The Morgan fingerprint density at radius 2 is 2.05 bits per heavy atom. The third-order valence-electron chi connectivity index (χ3n) is 5.11. The molecule has 2 fully saturated rings. The maximum absolute atomic E-state index is 12.6. The highest BCUT2D eigenvalue weighted by molar-refractivity contribution is 9.10. The Kier molecular flexibility index (Phi) is 5.97. The molecule has 6 heteroatoms. The van der Waals surface area contributed by atoms with Gasteiger partial charge in [-0.3, -0.25) is 4.79 Å². The number of nitrogens with one attached hydrogen (secondary N) is 1. The van der Waals surface area contributed by atoms with Crippen LogP contribution >= 0.6 is 28.3 Å². The molecule has 2 atom stereocenters. The summed E-state index contributed by atoms with van der Waals surface area (Å²) in [6, 6.07) is 2.54. The Morgan fingerprint density at radius 1 is 1.41 bits per heavy atom. The van der Waals surface area contributed by atoms with E-state index < -0.39 is 0 Å². The molecule has 2 bridgehead atoms. The first-order chi connectivity index (χ1) is 10.1. The molecule has 2 aliphatic rings. The number of nitrogens with zero attached hydrogens (tertiary/aromatic N) is 1. The van der Waals surface area contributed by atoms with Crippen molar-refractivity contribution in [2.24, 2.45) is 17.6 Å². The van der Waals surface area contributed by atoms with Crippen molar-refractivity contribution >= 4 is 34.2 Å². The largest absolute Gasteiger partial charge is 0.347 e. The Balaban J connectivity index is 0.00000176. The van der Waals surface area contributed by atoms with Crippen molar-refractivity contribution in [2.75, 3.05) is 0 Å². The molecular weight excluding hydrogens is 366 g/mol. The number of halogens is 2. The van der Waals surface area contributed by atoms with Gasteiger partial charge >= 0.3 is 0 Å². The first kappa shape index (κ1) is 17.8. The second-order valence-electron chi connectivity index (χ2n) is 6.51. The SMILES string of the molecule is CCn1cc(Br)cc1C(=O)NC1C2CCCC1CC(N)C2.Cl. The van der Waals surface area contributed by atoms with Crippen molar-refractivity contribution in [3.05, 3.63) is 22.4 Å². The van der Waals surface area contributed by atoms with E-state index in [0.717, 1.165) is 29.6 Å². The van der Waals surface area contributed by atoms with E-state index in [-0.39, 0.29) is 18.3 Å². The number of hydrogen-bond donors (Lipinski definition) is 2. The molecule has 1 aromatic rings. The number of aromatic nitrogens is 1. The molecule has 0 aromatic carbocycles. The predicted octanol–water partition coefficient (Wildman–Crippen LogP) is 3.33. The lowest BCUT2D eigenvalue weighted by molar-refractivity contribution is 0.0748. The van der Waals surface area contributed by atoms with Crippen molar-refractivity contribution in [1.82, 2.24) is 9.88 Å². The van der Waals surface area contributed by atoms with E-state index >= 15 is 0 Å². The van der Waals surface area contributed by atoms with Crippen LogP contribution < -0.4 is 11.1 Å². The van der Waals surface area contributed by atoms with Crippen molar-refractivity contribution < 1.29 is 4.79 Å². The van der Waals surface area contributed by atoms with E-state index in [0.29, 0.717) is 23.9 Å². The number of fused-ring (bicyclic) bond motifs is 2. The van der Waals surface area contributed by atoms with Crippen LogP contribution in [0.25, 0.3) is 0 Å². The second-order valence-corrected chi connectivity index (χ2v) is 7.43. The van der Waals surface area contributed by atoms with Crippen molar-refractivity contribution in [3.63, 3.8) is 0 Å². The molecule has 124 valence electrons. The molecule has 1 aromatic heterocycles. The zero-order valence-electron chi connectivity index (χ0n) is 12.9. The van der Waals surface area contributed by atoms with Crippen molar-refractivity contribution in [3.8, 4) is 0 Å². The van der Waals surface area contributed by atoms with Gasteiger partial charge in [0.25, 0.3) is 5.91 Å². The van der Waals surface area contributed by atoms with Crippen LogP contribution in [0, 0.1) is 11.8 Å². The number of hydrogen-bond acceptors (Lipinski definition) is 2. The van der Waals surface area contributed by atoms with Gasteiger partial charge in [-0.25, -0.2) is 0 Å². The first-order valence-corrected chi connectivity index (χ1v) is 8.80. The van der Waals surface area contributed by atoms with E-state index in [1.165, 1.54) is 19.3 Å². The molecule has 0 spiro atoms. The molecule has 4 nitrogen and oxygen atoms in total. The predicted molar refractivity (Wildman–Crippen MR) is 94.3 cm³/mol. The third kappa shape index (κ3) is 3.52. The molecule has 2 unspecified atom stereocenters. The summed E-state index contributed by atoms with van der Waals surface area (Å²) < 4.78 is 2.95. The lowest BCUT2D eigenvalue weighted by Crippen LogP contribution is -2.53. The third-order valence-corrected chi connectivity index (χ3v) is 5.54. The lowest BCUT2D eigenvalue weighted by atomic mass is 9.67. The first-order valence-electron chi connectivity index (χ1n) is 8.00. The van der Waals surface area contributed by atoms with Crippen LogP contribution in [0.15, 0.2) is 16.7 Å². The van der Waals surface area contributed by atoms with Gasteiger partial charge in [0.2, 0.25) is 0 Å². The summed E-state index contributed by atoms with van der Waals surface area (Å²) in [5.41, 5.74) is 6.90. The Bertz CT molecular complexity index is 519. The van der Waals surface area contributed by atoms with Crippen LogP contribution in [0.1, 0.15) is 49.5 Å². The normalized spacial score (nSPS) is 30.5. The molecule has 0 aliphatic heterocycles. The van der Waals surface area contributed by atoms with Crippen LogP contribution in [0.4, 0.5) is 0 Å². The van der Waals surface area contributed by atoms with Crippen LogP contribution in [0.3, 0.4) is 0 Å². The monoisotopic (exact) mass is 389 g/mol. The fourth-order valence-electron chi connectivity index (χ4n) is 4.18. The molecule has 0 radical (unpaired) electrons. The van der Waals surface area contributed by atoms with E-state index in [2.05, 4.69) is 28.2 Å². The molecule has 2 aliphatic carbocycles. The van der Waals surface area contributed by atoms with Gasteiger partial charge in [0.1, 0.15) is 5.69 Å². The highest BCUT2D eigenvalue weighted by Gasteiger charge is 2.40. The Labute approximate surface area is 146 Å². The molecule has 22 heavy (non-hydrogen) atoms. The molecule has 1 heterocycles. The molecular formula is C16H25BrClN3O. The number of carbonyl (C=O) groups is 1. The van der Waals surface area contributed by atoms with Crippen LogP contribution in [0.5, 0.6) is 0 Å². The fraction of sp³-hybridized carbons (Fsp3) is 0.688. The summed E-state index contributed by atoms with van der Waals surface area (Å²) in [6.07, 6.45) is 7.76. The number of aryl methyl sites for hydroxylation is 1. The van der Waals surface area contributed by atoms with E-state index in [1.807, 2.05) is 16.8 Å². The molecule has 2 saturated carbocycles. The van der Waals surface area contributed by atoms with Crippen LogP contribution in [0.2, 0.25) is 0 Å². The molecule has 0 saturated heterocycles. The van der Waals surface area contributed by atoms with E-state index in [4.69, 9.17) is 5.73 Å². The Morgan fingerprint density at radius 3 is 2.64 bits per heavy atom. The van der Waals surface area contributed by atoms with Gasteiger partial charge in [0.05, 0.1) is 0 Å². The summed E-state index contributed by atoms with van der Waals surface area (Å²) in [4.78, 5) is 12.6. The molecule has 3 rings (SSSR count). The van der Waals surface area contributed by atoms with Gasteiger partial charge in [0.15, 0.2) is 0 Å². The maximum atomic E-state index is 12.6. The summed E-state index contributed by atoms with van der Waals surface area (Å²) >= 11 is 3.46. The number of amides is 1. The molecule has 1 amide bonds. The standard InChI is InChI=1S/C16H24BrN3O.ClH/c1-2-20-9-12(17)8-14(20)16(21)19-15-10-4-3-5-11(15)7-13(18)6-10;/h8-11,13,15H,2-7,18H2,1H3,(H,19,21);1H. The van der Waals surface area contributed by atoms with Crippen LogP contribution in [-0.2, 0) is 6.54 Å². The summed E-state index contributed by atoms with van der Waals surface area (Å²) in [6.45, 7) is 2.86. The van der Waals surface area contributed by atoms with E-state index in [1.54, 1.807) is 0 Å². The van der Waals surface area contributed by atoms with Gasteiger partial charge in [-0.15, -0.1) is 12.4 Å². The summed E-state index contributed by atoms with van der Waals surface area (Å²) in [7, 11) is 0.